The van der Waals surface area contributed by atoms with Crippen LogP contribution >= 0.6 is 0 Å². The molecule has 5 rings (SSSR count). The summed E-state index contributed by atoms with van der Waals surface area (Å²) >= 11 is 0. The van der Waals surface area contributed by atoms with E-state index >= 15 is 0 Å². The van der Waals surface area contributed by atoms with Crippen LogP contribution in [0.15, 0.2) is 53.3 Å². The Hall–Kier alpha value is -4.11. The third-order valence-corrected chi connectivity index (χ3v) is 8.38. The number of ketones is 2. The second-order valence-electron chi connectivity index (χ2n) is 11.0. The van der Waals surface area contributed by atoms with Crippen molar-refractivity contribution in [2.45, 2.75) is 44.6 Å². The van der Waals surface area contributed by atoms with Gasteiger partial charge in [0.15, 0.2) is 11.4 Å². The van der Waals surface area contributed by atoms with E-state index in [2.05, 4.69) is 0 Å². The first kappa shape index (κ1) is 27.5. The zero-order valence-corrected chi connectivity index (χ0v) is 22.9. The molecule has 210 valence electrons. The highest BCUT2D eigenvalue weighted by molar-refractivity contribution is 6.22. The van der Waals surface area contributed by atoms with Crippen LogP contribution < -0.4 is 15.4 Å². The molecule has 0 spiro atoms. The summed E-state index contributed by atoms with van der Waals surface area (Å²) in [6.07, 6.45) is 1.88. The SMILES string of the molecule is CCCCOc1ccc(-c2ccc(N(C)C)cc2)c2c1C(O)=C1C(=O)C3(O)C(O)=C(C(N)=O)C(=O)CC3CC1C2. The van der Waals surface area contributed by atoms with Crippen molar-refractivity contribution in [3.63, 3.8) is 0 Å². The summed E-state index contributed by atoms with van der Waals surface area (Å²) in [4.78, 5) is 40.4. The minimum absolute atomic E-state index is 0.0450. The number of nitrogens with two attached hydrogens (primary N) is 1. The van der Waals surface area contributed by atoms with Crippen LogP contribution in [0.4, 0.5) is 5.69 Å². The van der Waals surface area contributed by atoms with Crippen LogP contribution in [0.25, 0.3) is 16.9 Å². The minimum Gasteiger partial charge on any atom is -0.508 e. The molecule has 3 unspecified atom stereocenters. The Balaban J connectivity index is 1.68. The maximum Gasteiger partial charge on any atom is 0.255 e. The maximum absolute atomic E-state index is 13.9. The zero-order chi connectivity index (χ0) is 28.9. The van der Waals surface area contributed by atoms with E-state index in [9.17, 15) is 29.7 Å². The lowest BCUT2D eigenvalue weighted by molar-refractivity contribution is -0.147. The number of hydrogen-bond donors (Lipinski definition) is 4. The number of carbonyl (C=O) groups excluding carboxylic acids is 3. The van der Waals surface area contributed by atoms with Crippen LogP contribution in [0, 0.1) is 11.8 Å². The van der Waals surface area contributed by atoms with E-state index in [1.165, 1.54) is 0 Å². The van der Waals surface area contributed by atoms with Crippen molar-refractivity contribution in [2.24, 2.45) is 17.6 Å². The molecule has 1 amide bonds. The molecule has 9 nitrogen and oxygen atoms in total. The molecule has 9 heteroatoms. The van der Waals surface area contributed by atoms with E-state index in [0.717, 1.165) is 35.2 Å². The number of hydrogen-bond acceptors (Lipinski definition) is 8. The van der Waals surface area contributed by atoms with Crippen molar-refractivity contribution in [1.82, 2.24) is 0 Å². The highest BCUT2D eigenvalue weighted by atomic mass is 16.5. The summed E-state index contributed by atoms with van der Waals surface area (Å²) in [6, 6.07) is 11.7. The number of Topliss-reactive ketones (excluding diaryl/α,β-unsaturated/α-hetero) is 2. The molecular formula is C31H34N2O7. The average molecular weight is 547 g/mol. The number of nitrogens with zero attached hydrogens (tertiary/aromatic N) is 1. The molecule has 3 aliphatic carbocycles. The highest BCUT2D eigenvalue weighted by Gasteiger charge is 2.60. The van der Waals surface area contributed by atoms with Crippen molar-refractivity contribution in [1.29, 1.82) is 0 Å². The molecule has 1 saturated carbocycles. The van der Waals surface area contributed by atoms with Crippen molar-refractivity contribution < 1.29 is 34.4 Å². The van der Waals surface area contributed by atoms with E-state index < -0.39 is 46.2 Å². The number of aliphatic hydroxyl groups excluding tert-OH is 2. The van der Waals surface area contributed by atoms with Crippen molar-refractivity contribution in [3.05, 3.63) is 64.4 Å². The molecule has 40 heavy (non-hydrogen) atoms. The predicted molar refractivity (Wildman–Crippen MR) is 150 cm³/mol. The number of benzene rings is 2. The lowest BCUT2D eigenvalue weighted by atomic mass is 9.59. The number of primary amides is 1. The Labute approximate surface area is 232 Å². The number of unbranched alkanes of at least 4 members (excludes halogenated alkanes) is 1. The number of anilines is 1. The smallest absolute Gasteiger partial charge is 0.255 e. The first-order valence-corrected chi connectivity index (χ1v) is 13.5. The number of aliphatic hydroxyl groups is 3. The molecule has 0 radical (unpaired) electrons. The standard InChI is InChI=1S/C31H34N2O7/c1-4-5-12-40-23-11-10-20(16-6-8-19(9-7-16)33(2)3)21-14-17-13-18-15-22(34)26(30(32)38)29(37)31(18,39)28(36)24(17)27(35)25(21)23/h6-11,17-18,35,37,39H,4-5,12-15H2,1-3H3,(H2,32,38). The summed E-state index contributed by atoms with van der Waals surface area (Å²) in [6.45, 7) is 2.45. The van der Waals surface area contributed by atoms with Gasteiger partial charge in [0.2, 0.25) is 5.78 Å². The van der Waals surface area contributed by atoms with E-state index in [1.54, 1.807) is 6.07 Å². The zero-order valence-electron chi connectivity index (χ0n) is 22.9. The molecule has 0 bridgehead atoms. The summed E-state index contributed by atoms with van der Waals surface area (Å²) < 4.78 is 6.05. The summed E-state index contributed by atoms with van der Waals surface area (Å²) in [5.74, 6) is -5.30. The Bertz CT molecular complexity index is 1470. The fourth-order valence-corrected chi connectivity index (χ4v) is 6.26. The van der Waals surface area contributed by atoms with Gasteiger partial charge in [-0.2, -0.15) is 0 Å². The summed E-state index contributed by atoms with van der Waals surface area (Å²) in [7, 11) is 3.92. The first-order chi connectivity index (χ1) is 19.0. The van der Waals surface area contributed by atoms with Crippen molar-refractivity contribution >= 4 is 28.9 Å². The molecule has 1 fully saturated rings. The van der Waals surface area contributed by atoms with Crippen molar-refractivity contribution in [3.8, 4) is 16.9 Å². The number of ether oxygens (including phenoxy) is 1. The van der Waals surface area contributed by atoms with Crippen LogP contribution in [0.3, 0.4) is 0 Å². The number of carbonyl (C=O) groups is 3. The quantitative estimate of drug-likeness (QED) is 0.304. The molecule has 5 N–H and O–H groups in total. The summed E-state index contributed by atoms with van der Waals surface area (Å²) in [5.41, 5.74) is 5.96. The van der Waals surface area contributed by atoms with Gasteiger partial charge in [-0.1, -0.05) is 31.5 Å². The van der Waals surface area contributed by atoms with Gasteiger partial charge in [-0.15, -0.1) is 0 Å². The van der Waals surface area contributed by atoms with Crippen LogP contribution in [0.1, 0.15) is 43.7 Å². The highest BCUT2D eigenvalue weighted by Crippen LogP contribution is 2.53. The Kier molecular flexibility index (Phi) is 6.95. The lowest BCUT2D eigenvalue weighted by Gasteiger charge is -2.46. The number of fused-ring (bicyclic) bond motifs is 3. The molecule has 3 aliphatic rings. The molecular weight excluding hydrogens is 512 g/mol. The molecule has 2 aromatic carbocycles. The van der Waals surface area contributed by atoms with Gasteiger partial charge in [-0.25, -0.2) is 0 Å². The largest absolute Gasteiger partial charge is 0.508 e. The van der Waals surface area contributed by atoms with E-state index in [0.29, 0.717) is 24.3 Å². The van der Waals surface area contributed by atoms with Gasteiger partial charge in [0.05, 0.1) is 12.2 Å². The van der Waals surface area contributed by atoms with E-state index in [-0.39, 0.29) is 24.2 Å². The monoisotopic (exact) mass is 546 g/mol. The van der Waals surface area contributed by atoms with Gasteiger partial charge in [-0.05, 0) is 60.1 Å². The van der Waals surface area contributed by atoms with Crippen LogP contribution in [0.2, 0.25) is 0 Å². The van der Waals surface area contributed by atoms with Crippen LogP contribution in [0.5, 0.6) is 5.75 Å². The minimum atomic E-state index is -2.53. The fourth-order valence-electron chi connectivity index (χ4n) is 6.26. The fraction of sp³-hybridized carbons (Fsp3) is 0.387. The molecule has 2 aromatic rings. The van der Waals surface area contributed by atoms with Crippen LogP contribution in [-0.4, -0.2) is 59.1 Å². The van der Waals surface area contributed by atoms with Crippen molar-refractivity contribution in [2.75, 3.05) is 25.6 Å². The Morgan fingerprint density at radius 3 is 2.42 bits per heavy atom. The van der Waals surface area contributed by atoms with Gasteiger partial charge in [0, 0.05) is 37.7 Å². The maximum atomic E-state index is 13.9. The molecule has 0 aromatic heterocycles. The van der Waals surface area contributed by atoms with E-state index in [4.69, 9.17) is 10.5 Å². The summed E-state index contributed by atoms with van der Waals surface area (Å²) in [5, 5.41) is 34.0. The van der Waals surface area contributed by atoms with Gasteiger partial charge in [0.25, 0.3) is 5.91 Å². The number of amides is 1. The Morgan fingerprint density at radius 1 is 1.10 bits per heavy atom. The molecule has 3 atom stereocenters. The predicted octanol–water partition coefficient (Wildman–Crippen LogP) is 3.63. The van der Waals surface area contributed by atoms with Gasteiger partial charge in [-0.3, -0.25) is 14.4 Å². The third-order valence-electron chi connectivity index (χ3n) is 8.38. The van der Waals surface area contributed by atoms with E-state index in [1.807, 2.05) is 56.3 Å². The van der Waals surface area contributed by atoms with Gasteiger partial charge >= 0.3 is 0 Å². The van der Waals surface area contributed by atoms with Crippen LogP contribution in [-0.2, 0) is 20.8 Å². The lowest BCUT2D eigenvalue weighted by Crippen LogP contribution is -2.58. The Morgan fingerprint density at radius 2 is 1.80 bits per heavy atom. The average Bonchev–Trinajstić information content (AvgIpc) is 2.90. The molecule has 0 heterocycles. The van der Waals surface area contributed by atoms with Gasteiger partial charge in [0.1, 0.15) is 22.8 Å². The third kappa shape index (κ3) is 4.16. The molecule has 0 aliphatic heterocycles. The second kappa shape index (κ2) is 10.1. The normalized spacial score (nSPS) is 23.9. The topological polar surface area (TPSA) is 150 Å². The first-order valence-electron chi connectivity index (χ1n) is 13.5. The molecule has 0 saturated heterocycles. The van der Waals surface area contributed by atoms with Gasteiger partial charge < -0.3 is 30.7 Å². The number of rotatable bonds is 7. The second-order valence-corrected chi connectivity index (χ2v) is 11.0.